The van der Waals surface area contributed by atoms with Crippen molar-refractivity contribution in [3.63, 3.8) is 0 Å². The number of unbranched alkanes of at least 4 members (excludes halogenated alkanes) is 31. The Bertz CT molecular complexity index is 2070. The van der Waals surface area contributed by atoms with Crippen molar-refractivity contribution in [1.29, 1.82) is 0 Å². The SMILES string of the molecule is CCCCCCCCC/C=C\CCCCCC(=O)OCC(COP(=O)(O)OC1C(OC2OC(CO)C(O)C(O)C2O)C(O)C(O)C(O)C1OC1OC(COC(=O)CCCCC/C=C\CCCCCCCCC)C(O)C(O)C1O)OC(=O)CCCCCCCCCCCCCC. The first-order chi connectivity index (χ1) is 45.8. The highest BCUT2D eigenvalue weighted by Gasteiger charge is 2.58. The van der Waals surface area contributed by atoms with Gasteiger partial charge in [-0.15, -0.1) is 0 Å². The predicted octanol–water partition coefficient (Wildman–Crippen LogP) is 9.35. The number of carbonyl (C=O) groups excluding carboxylic acids is 3. The highest BCUT2D eigenvalue weighted by Crippen LogP contribution is 2.49. The fraction of sp³-hybridized carbons (Fsp3) is 0.900. The number of rotatable bonds is 56. The Labute approximate surface area is 566 Å². The van der Waals surface area contributed by atoms with E-state index in [0.717, 1.165) is 96.3 Å². The van der Waals surface area contributed by atoms with Crippen molar-refractivity contribution in [1.82, 2.24) is 0 Å². The molecule has 1 saturated carbocycles. The molecule has 2 heterocycles. The molecule has 0 amide bonds. The number of allylic oxidation sites excluding steroid dienone is 4. The second-order valence-electron chi connectivity index (χ2n) is 26.3. The molecule has 24 nitrogen and oxygen atoms in total. The van der Waals surface area contributed by atoms with Gasteiger partial charge in [0.2, 0.25) is 0 Å². The molecule has 25 heteroatoms. The van der Waals surface area contributed by atoms with Gasteiger partial charge in [-0.25, -0.2) is 4.57 Å². The van der Waals surface area contributed by atoms with Gasteiger partial charge in [0.25, 0.3) is 0 Å². The first-order valence-corrected chi connectivity index (χ1v) is 38.1. The topological polar surface area (TPSA) is 374 Å². The van der Waals surface area contributed by atoms with Crippen molar-refractivity contribution in [3.05, 3.63) is 24.3 Å². The summed E-state index contributed by atoms with van der Waals surface area (Å²) in [5.41, 5.74) is 0. The van der Waals surface area contributed by atoms with E-state index < -0.39 is 156 Å². The lowest BCUT2D eigenvalue weighted by molar-refractivity contribution is -0.360. The fourth-order valence-electron chi connectivity index (χ4n) is 11.9. The molecule has 0 aromatic rings. The van der Waals surface area contributed by atoms with Gasteiger partial charge in [-0.05, 0) is 70.6 Å². The zero-order valence-corrected chi connectivity index (χ0v) is 58.6. The minimum absolute atomic E-state index is 0.00791. The van der Waals surface area contributed by atoms with Crippen LogP contribution in [0.5, 0.6) is 0 Å². The van der Waals surface area contributed by atoms with Gasteiger partial charge in [-0.1, -0.05) is 206 Å². The molecule has 0 bridgehead atoms. The average molecular weight is 1380 g/mol. The first kappa shape index (κ1) is 86.7. The maximum absolute atomic E-state index is 14.3. The molecular formula is C70H127O24P. The van der Waals surface area contributed by atoms with Gasteiger partial charge < -0.3 is 89.1 Å². The molecule has 1 aliphatic carbocycles. The molecule has 2 aliphatic heterocycles. The minimum atomic E-state index is -5.70. The molecule has 95 heavy (non-hydrogen) atoms. The number of esters is 3. The monoisotopic (exact) mass is 1380 g/mol. The molecular weight excluding hydrogens is 1260 g/mol. The maximum Gasteiger partial charge on any atom is 0.472 e. The molecule has 556 valence electrons. The van der Waals surface area contributed by atoms with Gasteiger partial charge in [-0.3, -0.25) is 23.4 Å². The third-order valence-corrected chi connectivity index (χ3v) is 18.9. The molecule has 11 N–H and O–H groups in total. The Balaban J connectivity index is 1.75. The smallest absolute Gasteiger partial charge is 0.463 e. The summed E-state index contributed by atoms with van der Waals surface area (Å²) in [6.07, 6.45) is 11.2. The van der Waals surface area contributed by atoms with E-state index in [0.29, 0.717) is 19.3 Å². The lowest BCUT2D eigenvalue weighted by Gasteiger charge is -2.49. The molecule has 0 spiro atoms. The van der Waals surface area contributed by atoms with Crippen LogP contribution >= 0.6 is 7.82 Å². The molecule has 18 atom stereocenters. The van der Waals surface area contributed by atoms with E-state index in [1.807, 2.05) is 0 Å². The lowest BCUT2D eigenvalue weighted by Crippen LogP contribution is -2.69. The van der Waals surface area contributed by atoms with Crippen LogP contribution in [0.4, 0.5) is 0 Å². The van der Waals surface area contributed by atoms with Crippen LogP contribution in [0.3, 0.4) is 0 Å². The third-order valence-electron chi connectivity index (χ3n) is 18.0. The minimum Gasteiger partial charge on any atom is -0.463 e. The summed E-state index contributed by atoms with van der Waals surface area (Å²) < 4.78 is 64.9. The van der Waals surface area contributed by atoms with Crippen LogP contribution in [0, 0.1) is 0 Å². The summed E-state index contributed by atoms with van der Waals surface area (Å²) in [7, 11) is -5.70. The number of ether oxygens (including phenoxy) is 7. The van der Waals surface area contributed by atoms with Gasteiger partial charge in [0.15, 0.2) is 18.7 Å². The molecule has 3 rings (SSSR count). The van der Waals surface area contributed by atoms with E-state index in [2.05, 4.69) is 45.1 Å². The number of hydrogen-bond acceptors (Lipinski definition) is 23. The van der Waals surface area contributed by atoms with Gasteiger partial charge in [0.05, 0.1) is 13.2 Å². The van der Waals surface area contributed by atoms with Crippen molar-refractivity contribution in [2.45, 2.75) is 375 Å². The second kappa shape index (κ2) is 52.4. The third kappa shape index (κ3) is 36.1. The van der Waals surface area contributed by atoms with E-state index in [-0.39, 0.29) is 19.3 Å². The quantitative estimate of drug-likeness (QED) is 0.00887. The average Bonchev–Trinajstić information content (AvgIpc) is 0.764. The Morgan fingerprint density at radius 2 is 0.737 bits per heavy atom. The molecule has 3 aliphatic rings. The van der Waals surface area contributed by atoms with E-state index in [1.165, 1.54) is 116 Å². The largest absolute Gasteiger partial charge is 0.472 e. The van der Waals surface area contributed by atoms with Crippen LogP contribution in [0.15, 0.2) is 24.3 Å². The van der Waals surface area contributed by atoms with E-state index in [4.69, 9.17) is 42.2 Å². The summed E-state index contributed by atoms with van der Waals surface area (Å²) in [5, 5.41) is 110. The molecule has 0 radical (unpaired) electrons. The molecule has 2 saturated heterocycles. The summed E-state index contributed by atoms with van der Waals surface area (Å²) in [6, 6.07) is 0. The number of hydrogen-bond donors (Lipinski definition) is 11. The van der Waals surface area contributed by atoms with Gasteiger partial charge in [0.1, 0.15) is 98.7 Å². The number of phosphoric acid groups is 1. The Morgan fingerprint density at radius 1 is 0.400 bits per heavy atom. The zero-order valence-electron chi connectivity index (χ0n) is 57.7. The van der Waals surface area contributed by atoms with Crippen LogP contribution in [0.1, 0.15) is 271 Å². The van der Waals surface area contributed by atoms with E-state index in [1.54, 1.807) is 0 Å². The fourth-order valence-corrected chi connectivity index (χ4v) is 12.9. The number of carbonyl (C=O) groups is 3. The highest BCUT2D eigenvalue weighted by molar-refractivity contribution is 7.47. The highest BCUT2D eigenvalue weighted by atomic mass is 31.2. The Kier molecular flexibility index (Phi) is 47.8. The Hall–Kier alpha value is -2.56. The van der Waals surface area contributed by atoms with Gasteiger partial charge in [-0.2, -0.15) is 0 Å². The van der Waals surface area contributed by atoms with Gasteiger partial charge >= 0.3 is 25.7 Å². The first-order valence-electron chi connectivity index (χ1n) is 36.6. The molecule has 0 aromatic carbocycles. The van der Waals surface area contributed by atoms with Crippen LogP contribution in [0.2, 0.25) is 0 Å². The second-order valence-corrected chi connectivity index (χ2v) is 27.7. The van der Waals surface area contributed by atoms with Crippen molar-refractivity contribution < 1.29 is 117 Å². The number of aliphatic hydroxyl groups excluding tert-OH is 10. The maximum atomic E-state index is 14.3. The van der Waals surface area contributed by atoms with Crippen LogP contribution in [0.25, 0.3) is 0 Å². The standard InChI is InChI=1S/C70H127O24P/c1-4-7-10-13-16-19-22-25-27-30-32-35-38-41-44-54(72)86-48-51(89-56(74)46-43-40-37-34-29-24-21-18-15-12-9-6-3)49-88-95(84,85)94-68-66(92-69-64(82)59(77)57(75)52(47-71)90-69)62(80)61(79)63(81)67(68)93-70-65(83)60(78)58(76)53(91-70)50-87-55(73)45-42-39-36-33-31-28-26-23-20-17-14-11-8-5-2/h27-28,30-31,51-53,57-71,75-83H,4-26,29,32-50H2,1-3H3,(H,84,85)/b30-27-,31-28-. The van der Waals surface area contributed by atoms with Crippen molar-refractivity contribution in [3.8, 4) is 0 Å². The van der Waals surface area contributed by atoms with E-state index in [9.17, 15) is 74.9 Å². The molecule has 0 aromatic heterocycles. The number of aliphatic hydroxyl groups is 10. The summed E-state index contributed by atoms with van der Waals surface area (Å²) in [5.74, 6) is -2.02. The molecule has 18 unspecified atom stereocenters. The summed E-state index contributed by atoms with van der Waals surface area (Å²) >= 11 is 0. The predicted molar refractivity (Wildman–Crippen MR) is 356 cm³/mol. The normalized spacial score (nSPS) is 28.2. The van der Waals surface area contributed by atoms with E-state index >= 15 is 0 Å². The van der Waals surface area contributed by atoms with Crippen LogP contribution in [-0.4, -0.2) is 204 Å². The zero-order chi connectivity index (χ0) is 69.6. The van der Waals surface area contributed by atoms with Crippen molar-refractivity contribution in [2.75, 3.05) is 26.4 Å². The lowest BCUT2D eigenvalue weighted by atomic mass is 9.84. The number of phosphoric ester groups is 1. The van der Waals surface area contributed by atoms with Crippen LogP contribution in [-0.2, 0) is 61.2 Å². The summed E-state index contributed by atoms with van der Waals surface area (Å²) in [4.78, 5) is 50.9. The van der Waals surface area contributed by atoms with Crippen molar-refractivity contribution >= 4 is 25.7 Å². The molecule has 3 fully saturated rings. The van der Waals surface area contributed by atoms with Crippen LogP contribution < -0.4 is 0 Å². The van der Waals surface area contributed by atoms with Gasteiger partial charge in [0, 0.05) is 19.3 Å². The summed E-state index contributed by atoms with van der Waals surface area (Å²) in [6.45, 7) is 3.39. The Morgan fingerprint density at radius 3 is 1.15 bits per heavy atom. The van der Waals surface area contributed by atoms with Crippen molar-refractivity contribution in [2.24, 2.45) is 0 Å².